The molecule has 21 heavy (non-hydrogen) atoms. The average Bonchev–Trinajstić information content (AvgIpc) is 2.73. The van der Waals surface area contributed by atoms with Crippen LogP contribution in [0.2, 0.25) is 0 Å². The predicted molar refractivity (Wildman–Crippen MR) is 81.3 cm³/mol. The predicted octanol–water partition coefficient (Wildman–Crippen LogP) is 2.04. The first-order valence-corrected chi connectivity index (χ1v) is 7.46. The number of hydrogen-bond acceptors (Lipinski definition) is 3. The molecule has 0 spiro atoms. The zero-order chi connectivity index (χ0) is 14.8. The van der Waals surface area contributed by atoms with Crippen molar-refractivity contribution in [2.45, 2.75) is 25.7 Å². The summed E-state index contributed by atoms with van der Waals surface area (Å²) in [5.41, 5.74) is 2.01. The van der Waals surface area contributed by atoms with Crippen LogP contribution in [-0.4, -0.2) is 29.1 Å². The highest BCUT2D eigenvalue weighted by Crippen LogP contribution is 2.26. The smallest absolute Gasteiger partial charge is 0.223 e. The zero-order valence-corrected chi connectivity index (χ0v) is 12.6. The molecule has 0 radical (unpaired) electrons. The van der Waals surface area contributed by atoms with Gasteiger partial charge in [-0.05, 0) is 25.0 Å². The number of aromatic nitrogens is 2. The Labute approximate surface area is 124 Å². The van der Waals surface area contributed by atoms with Gasteiger partial charge in [-0.2, -0.15) is 0 Å². The third-order valence-corrected chi connectivity index (χ3v) is 4.30. The number of carbonyl (C=O) groups is 1. The number of aryl methyl sites for hydroxylation is 1. The molecule has 2 aromatic rings. The van der Waals surface area contributed by atoms with E-state index in [0.29, 0.717) is 6.54 Å². The van der Waals surface area contributed by atoms with Crippen molar-refractivity contribution < 1.29 is 9.53 Å². The molecule has 0 unspecified atom stereocenters. The molecule has 0 atom stereocenters. The third-order valence-electron chi connectivity index (χ3n) is 4.30. The number of imidazole rings is 1. The number of nitrogens with one attached hydrogen (secondary N) is 1. The van der Waals surface area contributed by atoms with E-state index in [0.717, 1.165) is 41.9 Å². The van der Waals surface area contributed by atoms with Crippen LogP contribution in [0, 0.1) is 5.92 Å². The fourth-order valence-electron chi connectivity index (χ4n) is 2.69. The second-order valence-electron chi connectivity index (χ2n) is 5.61. The van der Waals surface area contributed by atoms with Gasteiger partial charge in [0.25, 0.3) is 0 Å². The molecule has 0 bridgehead atoms. The number of carbonyl (C=O) groups excluding carboxylic acids is 1. The van der Waals surface area contributed by atoms with Crippen LogP contribution in [0.25, 0.3) is 11.0 Å². The Balaban J connectivity index is 1.66. The molecule has 5 nitrogen and oxygen atoms in total. The van der Waals surface area contributed by atoms with Gasteiger partial charge in [-0.15, -0.1) is 0 Å². The fourth-order valence-corrected chi connectivity index (χ4v) is 2.69. The maximum absolute atomic E-state index is 11.8. The molecule has 0 aliphatic heterocycles. The van der Waals surface area contributed by atoms with E-state index in [1.165, 1.54) is 6.42 Å². The van der Waals surface area contributed by atoms with Crippen molar-refractivity contribution in [2.75, 3.05) is 13.7 Å². The first kappa shape index (κ1) is 13.9. The maximum atomic E-state index is 11.8. The van der Waals surface area contributed by atoms with Crippen molar-refractivity contribution in [3.05, 3.63) is 24.0 Å². The summed E-state index contributed by atoms with van der Waals surface area (Å²) < 4.78 is 7.30. The number of ether oxygens (including phenoxy) is 1. The Kier molecular flexibility index (Phi) is 3.82. The Bertz CT molecular complexity index is 659. The van der Waals surface area contributed by atoms with Gasteiger partial charge in [0.1, 0.15) is 11.6 Å². The van der Waals surface area contributed by atoms with Crippen LogP contribution in [0.3, 0.4) is 0 Å². The van der Waals surface area contributed by atoms with Crippen molar-refractivity contribution >= 4 is 16.9 Å². The molecule has 1 saturated carbocycles. The van der Waals surface area contributed by atoms with Crippen LogP contribution in [0.5, 0.6) is 5.75 Å². The molecule has 5 heteroatoms. The lowest BCUT2D eigenvalue weighted by molar-refractivity contribution is -0.127. The van der Waals surface area contributed by atoms with E-state index < -0.39 is 0 Å². The molecular formula is C16H21N3O2. The summed E-state index contributed by atoms with van der Waals surface area (Å²) in [5.74, 6) is 2.23. The summed E-state index contributed by atoms with van der Waals surface area (Å²) in [4.78, 5) is 16.4. The summed E-state index contributed by atoms with van der Waals surface area (Å²) in [7, 11) is 3.66. The van der Waals surface area contributed by atoms with Crippen LogP contribution >= 0.6 is 0 Å². The van der Waals surface area contributed by atoms with Gasteiger partial charge in [0.15, 0.2) is 0 Å². The van der Waals surface area contributed by atoms with Crippen molar-refractivity contribution in [3.63, 3.8) is 0 Å². The van der Waals surface area contributed by atoms with E-state index in [1.54, 1.807) is 7.11 Å². The molecule has 1 aromatic carbocycles. The zero-order valence-electron chi connectivity index (χ0n) is 12.6. The van der Waals surface area contributed by atoms with Crippen molar-refractivity contribution in [3.8, 4) is 5.75 Å². The van der Waals surface area contributed by atoms with Gasteiger partial charge in [-0.3, -0.25) is 4.79 Å². The van der Waals surface area contributed by atoms with E-state index in [1.807, 2.05) is 25.2 Å². The van der Waals surface area contributed by atoms with Gasteiger partial charge in [0, 0.05) is 32.0 Å². The number of rotatable bonds is 5. The fraction of sp³-hybridized carbons (Fsp3) is 0.500. The largest absolute Gasteiger partial charge is 0.497 e. The lowest BCUT2D eigenvalue weighted by atomic mass is 9.85. The van der Waals surface area contributed by atoms with E-state index in [2.05, 4.69) is 14.9 Å². The highest BCUT2D eigenvalue weighted by atomic mass is 16.5. The first-order chi connectivity index (χ1) is 10.2. The van der Waals surface area contributed by atoms with Crippen LogP contribution in [0.1, 0.15) is 25.1 Å². The van der Waals surface area contributed by atoms with E-state index in [4.69, 9.17) is 4.74 Å². The second-order valence-corrected chi connectivity index (χ2v) is 5.61. The molecule has 1 fully saturated rings. The van der Waals surface area contributed by atoms with Crippen LogP contribution in [-0.2, 0) is 18.3 Å². The molecule has 3 rings (SSSR count). The van der Waals surface area contributed by atoms with E-state index >= 15 is 0 Å². The summed E-state index contributed by atoms with van der Waals surface area (Å²) >= 11 is 0. The monoisotopic (exact) mass is 287 g/mol. The molecule has 1 amide bonds. The van der Waals surface area contributed by atoms with Crippen molar-refractivity contribution in [2.24, 2.45) is 13.0 Å². The van der Waals surface area contributed by atoms with Crippen LogP contribution in [0.4, 0.5) is 0 Å². The van der Waals surface area contributed by atoms with E-state index in [-0.39, 0.29) is 11.8 Å². The quantitative estimate of drug-likeness (QED) is 0.915. The lowest BCUT2D eigenvalue weighted by Gasteiger charge is -2.23. The summed E-state index contributed by atoms with van der Waals surface area (Å²) in [5, 5.41) is 3.01. The molecule has 1 heterocycles. The molecule has 1 aliphatic carbocycles. The number of nitrogens with zero attached hydrogens (tertiary/aromatic N) is 2. The van der Waals surface area contributed by atoms with Crippen LogP contribution in [0.15, 0.2) is 18.2 Å². The number of hydrogen-bond donors (Lipinski definition) is 1. The Hall–Kier alpha value is -2.04. The molecule has 1 aliphatic rings. The summed E-state index contributed by atoms with van der Waals surface area (Å²) in [6, 6.07) is 5.88. The summed E-state index contributed by atoms with van der Waals surface area (Å²) in [6.45, 7) is 0.642. The number of amides is 1. The van der Waals surface area contributed by atoms with Gasteiger partial charge in [0.05, 0.1) is 18.1 Å². The Morgan fingerprint density at radius 2 is 2.29 bits per heavy atom. The van der Waals surface area contributed by atoms with Crippen LogP contribution < -0.4 is 10.1 Å². The molecule has 1 N–H and O–H groups in total. The second kappa shape index (κ2) is 5.76. The van der Waals surface area contributed by atoms with Gasteiger partial charge >= 0.3 is 0 Å². The SMILES string of the molecule is COc1ccc2c(c1)nc(CCNC(=O)C1CCC1)n2C. The number of methoxy groups -OCH3 is 1. The topological polar surface area (TPSA) is 56.1 Å². The highest BCUT2D eigenvalue weighted by molar-refractivity contribution is 5.79. The average molecular weight is 287 g/mol. The highest BCUT2D eigenvalue weighted by Gasteiger charge is 2.24. The third kappa shape index (κ3) is 2.73. The minimum absolute atomic E-state index is 0.196. The maximum Gasteiger partial charge on any atom is 0.223 e. The van der Waals surface area contributed by atoms with Gasteiger partial charge in [-0.25, -0.2) is 4.98 Å². The summed E-state index contributed by atoms with van der Waals surface area (Å²) in [6.07, 6.45) is 4.01. The Morgan fingerprint density at radius 3 is 2.95 bits per heavy atom. The first-order valence-electron chi connectivity index (χ1n) is 7.46. The molecule has 112 valence electrons. The standard InChI is InChI=1S/C16H21N3O2/c1-19-14-7-6-12(21-2)10-13(14)18-15(19)8-9-17-16(20)11-4-3-5-11/h6-7,10-11H,3-5,8-9H2,1-2H3,(H,17,20). The van der Waals surface area contributed by atoms with Crippen molar-refractivity contribution in [1.82, 2.24) is 14.9 Å². The van der Waals surface area contributed by atoms with Gasteiger partial charge in [0.2, 0.25) is 5.91 Å². The number of fused-ring (bicyclic) bond motifs is 1. The van der Waals surface area contributed by atoms with E-state index in [9.17, 15) is 4.79 Å². The van der Waals surface area contributed by atoms with Gasteiger partial charge < -0.3 is 14.6 Å². The van der Waals surface area contributed by atoms with Crippen molar-refractivity contribution in [1.29, 1.82) is 0 Å². The lowest BCUT2D eigenvalue weighted by Crippen LogP contribution is -2.35. The molecular weight excluding hydrogens is 266 g/mol. The number of benzene rings is 1. The van der Waals surface area contributed by atoms with Gasteiger partial charge in [-0.1, -0.05) is 6.42 Å². The Morgan fingerprint density at radius 1 is 1.48 bits per heavy atom. The minimum atomic E-state index is 0.196. The molecule has 1 aromatic heterocycles. The normalized spacial score (nSPS) is 15.0. The minimum Gasteiger partial charge on any atom is -0.497 e. The molecule has 0 saturated heterocycles.